The maximum atomic E-state index is 6.37. The number of hydrogen-bond donors (Lipinski definition) is 0. The zero-order valence-electron chi connectivity index (χ0n) is 26.5. The lowest BCUT2D eigenvalue weighted by molar-refractivity contribution is 0.669. The molecule has 0 bridgehead atoms. The van der Waals surface area contributed by atoms with E-state index >= 15 is 0 Å². The summed E-state index contributed by atoms with van der Waals surface area (Å²) in [4.78, 5) is 2.41. The van der Waals surface area contributed by atoms with Crippen molar-refractivity contribution in [1.82, 2.24) is 0 Å². The minimum absolute atomic E-state index is 0.884. The van der Waals surface area contributed by atoms with E-state index in [0.29, 0.717) is 0 Å². The molecule has 10 aromatic rings. The second-order valence-electron chi connectivity index (χ2n) is 12.5. The Kier molecular flexibility index (Phi) is 6.39. The van der Waals surface area contributed by atoms with E-state index < -0.39 is 0 Å². The molecule has 0 atom stereocenters. The summed E-state index contributed by atoms with van der Waals surface area (Å²) in [5.74, 6) is 0. The van der Waals surface area contributed by atoms with Crippen LogP contribution < -0.4 is 4.90 Å². The summed E-state index contributed by atoms with van der Waals surface area (Å²) in [5.41, 5.74) is 9.93. The smallest absolute Gasteiger partial charge is 0.137 e. The predicted octanol–water partition coefficient (Wildman–Crippen LogP) is 13.9. The van der Waals surface area contributed by atoms with Crippen molar-refractivity contribution in [3.63, 3.8) is 0 Å². The highest BCUT2D eigenvalue weighted by molar-refractivity contribution is 7.26. The van der Waals surface area contributed by atoms with Crippen molar-refractivity contribution in [2.75, 3.05) is 4.90 Å². The van der Waals surface area contributed by atoms with Gasteiger partial charge < -0.3 is 9.32 Å². The summed E-state index contributed by atoms with van der Waals surface area (Å²) in [5, 5.41) is 7.30. The Morgan fingerprint density at radius 1 is 0.408 bits per heavy atom. The Hall–Kier alpha value is -6.16. The zero-order valence-corrected chi connectivity index (χ0v) is 27.3. The van der Waals surface area contributed by atoms with Crippen LogP contribution >= 0.6 is 11.3 Å². The van der Waals surface area contributed by atoms with Gasteiger partial charge in [-0.3, -0.25) is 0 Å². The lowest BCUT2D eigenvalue weighted by atomic mass is 9.97. The summed E-state index contributed by atoms with van der Waals surface area (Å²) in [6.07, 6.45) is 0. The molecule has 0 spiro atoms. The summed E-state index contributed by atoms with van der Waals surface area (Å²) in [6, 6.07) is 63.2. The highest BCUT2D eigenvalue weighted by Gasteiger charge is 2.22. The first-order valence-electron chi connectivity index (χ1n) is 16.6. The third-order valence-electron chi connectivity index (χ3n) is 9.65. The number of anilines is 3. The lowest BCUT2D eigenvalue weighted by Crippen LogP contribution is -2.10. The van der Waals surface area contributed by atoms with Crippen molar-refractivity contribution in [2.45, 2.75) is 0 Å². The molecule has 0 saturated carbocycles. The van der Waals surface area contributed by atoms with E-state index in [1.807, 2.05) is 17.4 Å². The van der Waals surface area contributed by atoms with Crippen LogP contribution in [0.2, 0.25) is 0 Å². The predicted molar refractivity (Wildman–Crippen MR) is 210 cm³/mol. The number of furan rings is 1. The number of rotatable bonds is 5. The molecule has 49 heavy (non-hydrogen) atoms. The molecular formula is C46H29NOS. The number of fused-ring (bicyclic) bond motifs is 7. The summed E-state index contributed by atoms with van der Waals surface area (Å²) in [6.45, 7) is 0. The van der Waals surface area contributed by atoms with Gasteiger partial charge >= 0.3 is 0 Å². The lowest BCUT2D eigenvalue weighted by Gasteiger charge is -2.27. The number of benzene rings is 8. The van der Waals surface area contributed by atoms with Crippen molar-refractivity contribution < 1.29 is 4.42 Å². The van der Waals surface area contributed by atoms with Crippen LogP contribution in [0.4, 0.5) is 17.1 Å². The van der Waals surface area contributed by atoms with Crippen molar-refractivity contribution in [3.05, 3.63) is 176 Å². The van der Waals surface area contributed by atoms with E-state index in [2.05, 4.69) is 175 Å². The maximum absolute atomic E-state index is 6.37. The minimum atomic E-state index is 0.884. The average molecular weight is 644 g/mol. The Bertz CT molecular complexity index is 2840. The molecule has 2 aromatic heterocycles. The molecule has 10 rings (SSSR count). The van der Waals surface area contributed by atoms with Crippen LogP contribution in [-0.4, -0.2) is 0 Å². The Morgan fingerprint density at radius 2 is 1.04 bits per heavy atom. The van der Waals surface area contributed by atoms with Crippen LogP contribution in [-0.2, 0) is 0 Å². The Morgan fingerprint density at radius 3 is 1.94 bits per heavy atom. The molecule has 0 unspecified atom stereocenters. The topological polar surface area (TPSA) is 16.4 Å². The van der Waals surface area contributed by atoms with Gasteiger partial charge in [-0.1, -0.05) is 121 Å². The van der Waals surface area contributed by atoms with Gasteiger partial charge in [0.1, 0.15) is 11.2 Å². The standard InChI is InChI=1S/C46H29NOS/c1-2-11-32-29-35(23-22-30(32)10-1)34-13-7-12-33(28-34)31-24-26-36(27-25-31)47(40-17-9-20-43-45(40)39-15-3-5-19-42(39)48-43)41-18-8-16-38-37-14-4-6-21-44(37)49-46(38)41/h1-29H. The minimum Gasteiger partial charge on any atom is -0.456 e. The summed E-state index contributed by atoms with van der Waals surface area (Å²) < 4.78 is 8.93. The number of thiophene rings is 1. The van der Waals surface area contributed by atoms with Gasteiger partial charge in [0.2, 0.25) is 0 Å². The van der Waals surface area contributed by atoms with Crippen molar-refractivity contribution in [3.8, 4) is 22.3 Å². The normalized spacial score (nSPS) is 11.7. The molecule has 0 aliphatic rings. The number of hydrogen-bond acceptors (Lipinski definition) is 3. The fourth-order valence-electron chi connectivity index (χ4n) is 7.31. The second-order valence-corrected chi connectivity index (χ2v) is 13.6. The summed E-state index contributed by atoms with van der Waals surface area (Å²) >= 11 is 1.85. The van der Waals surface area contributed by atoms with Crippen LogP contribution in [0.3, 0.4) is 0 Å². The van der Waals surface area contributed by atoms with Gasteiger partial charge in [-0.15, -0.1) is 11.3 Å². The van der Waals surface area contributed by atoms with Crippen LogP contribution in [0.25, 0.3) is 75.1 Å². The molecule has 8 aromatic carbocycles. The van der Waals surface area contributed by atoms with Gasteiger partial charge in [0.25, 0.3) is 0 Å². The van der Waals surface area contributed by atoms with Gasteiger partial charge in [-0.05, 0) is 87.6 Å². The highest BCUT2D eigenvalue weighted by Crippen LogP contribution is 2.48. The van der Waals surface area contributed by atoms with Gasteiger partial charge in [-0.2, -0.15) is 0 Å². The molecular weight excluding hydrogens is 615 g/mol. The van der Waals surface area contributed by atoms with Crippen molar-refractivity contribution in [1.29, 1.82) is 0 Å². The fourth-order valence-corrected chi connectivity index (χ4v) is 8.52. The zero-order chi connectivity index (χ0) is 32.3. The Labute approximate surface area is 287 Å². The van der Waals surface area contributed by atoms with Crippen molar-refractivity contribution in [2.24, 2.45) is 0 Å². The van der Waals surface area contributed by atoms with Crippen LogP contribution in [0.15, 0.2) is 180 Å². The van der Waals surface area contributed by atoms with Crippen molar-refractivity contribution >= 4 is 81.3 Å². The second kappa shape index (κ2) is 11.2. The van der Waals surface area contributed by atoms with E-state index in [4.69, 9.17) is 4.42 Å². The fraction of sp³-hybridized carbons (Fsp3) is 0. The van der Waals surface area contributed by atoms with Gasteiger partial charge in [0.05, 0.1) is 21.5 Å². The van der Waals surface area contributed by atoms with Gasteiger partial charge in [0, 0.05) is 26.5 Å². The molecule has 2 heterocycles. The molecule has 0 radical (unpaired) electrons. The molecule has 0 aliphatic heterocycles. The quantitative estimate of drug-likeness (QED) is 0.186. The van der Waals surface area contributed by atoms with Gasteiger partial charge in [0.15, 0.2) is 0 Å². The molecule has 0 fully saturated rings. The Balaban J connectivity index is 1.13. The van der Waals surface area contributed by atoms with E-state index in [1.54, 1.807) is 0 Å². The number of nitrogens with zero attached hydrogens (tertiary/aromatic N) is 1. The van der Waals surface area contributed by atoms with Crippen LogP contribution in [0.5, 0.6) is 0 Å². The molecule has 0 amide bonds. The first kappa shape index (κ1) is 27.9. The maximum Gasteiger partial charge on any atom is 0.137 e. The van der Waals surface area contributed by atoms with E-state index in [9.17, 15) is 0 Å². The average Bonchev–Trinajstić information content (AvgIpc) is 3.75. The largest absolute Gasteiger partial charge is 0.456 e. The first-order valence-corrected chi connectivity index (χ1v) is 17.4. The number of para-hydroxylation sites is 1. The van der Waals surface area contributed by atoms with E-state index in [0.717, 1.165) is 39.0 Å². The molecule has 0 aliphatic carbocycles. The van der Waals surface area contributed by atoms with Crippen LogP contribution in [0.1, 0.15) is 0 Å². The molecule has 2 nitrogen and oxygen atoms in total. The van der Waals surface area contributed by atoms with E-state index in [-0.39, 0.29) is 0 Å². The van der Waals surface area contributed by atoms with E-state index in [1.165, 1.54) is 53.2 Å². The molecule has 3 heteroatoms. The SMILES string of the molecule is c1cc(-c2ccc(N(c3cccc4c3sc3ccccc34)c3cccc4oc5ccccc5c34)cc2)cc(-c2ccc3ccccc3c2)c1. The monoisotopic (exact) mass is 643 g/mol. The molecule has 0 saturated heterocycles. The van der Waals surface area contributed by atoms with Crippen LogP contribution in [0, 0.1) is 0 Å². The highest BCUT2D eigenvalue weighted by atomic mass is 32.1. The molecule has 0 N–H and O–H groups in total. The summed E-state index contributed by atoms with van der Waals surface area (Å²) in [7, 11) is 0. The molecule has 230 valence electrons. The third kappa shape index (κ3) is 4.62. The first-order chi connectivity index (χ1) is 24.3. The third-order valence-corrected chi connectivity index (χ3v) is 10.9. The van der Waals surface area contributed by atoms with Gasteiger partial charge in [-0.25, -0.2) is 0 Å².